The number of nitrogens with zero attached hydrogens (tertiary/aromatic N) is 3. The smallest absolute Gasteiger partial charge is 0.227 e. The molecule has 11 heteroatoms. The predicted molar refractivity (Wildman–Crippen MR) is 135 cm³/mol. The fraction of sp³-hybridized carbons (Fsp3) is 0.240. The van der Waals surface area contributed by atoms with Crippen LogP contribution in [0.15, 0.2) is 65.3 Å². The number of piperidine rings is 1. The molecule has 0 atom stereocenters. The molecular weight excluding hydrogens is 460 g/mol. The van der Waals surface area contributed by atoms with E-state index in [1.54, 1.807) is 12.4 Å². The maximum absolute atomic E-state index is 9.79. The highest BCUT2D eigenvalue weighted by atomic mass is 16.5. The van der Waals surface area contributed by atoms with Gasteiger partial charge < -0.3 is 35.7 Å². The van der Waals surface area contributed by atoms with Gasteiger partial charge >= 0.3 is 0 Å². The molecule has 0 radical (unpaired) electrons. The molecule has 6 N–H and O–H groups in total. The number of hydrogen-bond acceptors (Lipinski definition) is 11. The maximum Gasteiger partial charge on any atom is 0.227 e. The van der Waals surface area contributed by atoms with Crippen molar-refractivity contribution >= 4 is 28.2 Å². The summed E-state index contributed by atoms with van der Waals surface area (Å²) >= 11 is 0. The van der Waals surface area contributed by atoms with Crippen LogP contribution in [0.25, 0.3) is 27.9 Å². The Bertz CT molecular complexity index is 1400. The maximum atomic E-state index is 9.79. The molecule has 0 saturated carbocycles. The summed E-state index contributed by atoms with van der Waals surface area (Å²) in [7, 11) is 0. The zero-order chi connectivity index (χ0) is 24.3. The first-order valence-corrected chi connectivity index (χ1v) is 11.8. The van der Waals surface area contributed by atoms with E-state index in [4.69, 9.17) is 14.1 Å². The molecule has 0 aliphatic carbocycles. The summed E-state index contributed by atoms with van der Waals surface area (Å²) in [5.41, 5.74) is 13.5. The first-order valence-electron chi connectivity index (χ1n) is 11.8. The standard InChI is InChI=1S/C25H26N8O3/c34-13-21-24(32-33-31-21)19-9-16-11-28-25(29-17-3-1-2-15(8-17)23-12-27-14-35-23)30-20(16)10-22(19)36-18-4-6-26-7-5-18/h1-3,8-12,14,18,26,31-34H,4-7,13H2,(H,28,29,30). The number of ether oxygens (including phenoxy) is 1. The Morgan fingerprint density at radius 1 is 1.11 bits per heavy atom. The number of aliphatic hydroxyl groups excluding tert-OH is 1. The quantitative estimate of drug-likeness (QED) is 0.229. The van der Waals surface area contributed by atoms with Crippen molar-refractivity contribution in [2.75, 3.05) is 25.0 Å². The van der Waals surface area contributed by atoms with Crippen LogP contribution in [0.5, 0.6) is 5.75 Å². The highest BCUT2D eigenvalue weighted by Gasteiger charge is 2.23. The third kappa shape index (κ3) is 4.54. The van der Waals surface area contributed by atoms with Crippen LogP contribution >= 0.6 is 0 Å². The van der Waals surface area contributed by atoms with Gasteiger partial charge in [0.2, 0.25) is 5.95 Å². The Morgan fingerprint density at radius 3 is 2.86 bits per heavy atom. The highest BCUT2D eigenvalue weighted by Crippen LogP contribution is 2.33. The Labute approximate surface area is 206 Å². The number of benzene rings is 2. The van der Waals surface area contributed by atoms with Crippen LogP contribution in [0.1, 0.15) is 18.4 Å². The number of aliphatic hydroxyl groups is 1. The number of aromatic nitrogens is 3. The zero-order valence-corrected chi connectivity index (χ0v) is 19.4. The molecule has 2 aromatic carbocycles. The molecule has 2 aliphatic rings. The third-order valence-electron chi connectivity index (χ3n) is 6.23. The predicted octanol–water partition coefficient (Wildman–Crippen LogP) is 2.43. The molecule has 1 saturated heterocycles. The molecule has 0 unspecified atom stereocenters. The number of anilines is 2. The van der Waals surface area contributed by atoms with Gasteiger partial charge in [-0.1, -0.05) is 12.1 Å². The Kier molecular flexibility index (Phi) is 6.08. The Hall–Kier alpha value is -4.19. The molecule has 2 aromatic heterocycles. The SMILES string of the molecule is OCC1=C(c2cc3cnc(Nc4cccc(-c5cnco5)c4)nc3cc2OC2CCNCC2)NNN1. The molecular formula is C25H26N8O3. The molecule has 0 amide bonds. The summed E-state index contributed by atoms with van der Waals surface area (Å²) in [6.07, 6.45) is 6.80. The van der Waals surface area contributed by atoms with Gasteiger partial charge in [-0.3, -0.25) is 0 Å². The van der Waals surface area contributed by atoms with Gasteiger partial charge in [-0.05, 0) is 44.1 Å². The highest BCUT2D eigenvalue weighted by molar-refractivity contribution is 5.87. The van der Waals surface area contributed by atoms with Crippen LogP contribution in [0.2, 0.25) is 0 Å². The summed E-state index contributed by atoms with van der Waals surface area (Å²) in [5.74, 6) is 1.85. The molecule has 0 spiro atoms. The lowest BCUT2D eigenvalue weighted by Crippen LogP contribution is -2.34. The normalized spacial score (nSPS) is 16.1. The minimum Gasteiger partial charge on any atom is -0.490 e. The fourth-order valence-corrected chi connectivity index (χ4v) is 4.40. The monoisotopic (exact) mass is 486 g/mol. The average Bonchev–Trinajstić information content (AvgIpc) is 3.62. The van der Waals surface area contributed by atoms with Crippen molar-refractivity contribution in [3.8, 4) is 17.1 Å². The second kappa shape index (κ2) is 9.82. The molecule has 1 fully saturated rings. The van der Waals surface area contributed by atoms with Crippen LogP contribution < -0.4 is 31.8 Å². The lowest BCUT2D eigenvalue weighted by molar-refractivity contribution is 0.162. The van der Waals surface area contributed by atoms with Crippen LogP contribution in [0.4, 0.5) is 11.6 Å². The number of hydrogen-bond donors (Lipinski definition) is 6. The van der Waals surface area contributed by atoms with Gasteiger partial charge in [-0.2, -0.15) is 5.53 Å². The minimum absolute atomic E-state index is 0.0983. The van der Waals surface area contributed by atoms with E-state index in [2.05, 4.69) is 37.0 Å². The van der Waals surface area contributed by atoms with Gasteiger partial charge in [0.1, 0.15) is 11.9 Å². The summed E-state index contributed by atoms with van der Waals surface area (Å²) in [6.45, 7) is 1.69. The third-order valence-corrected chi connectivity index (χ3v) is 6.23. The lowest BCUT2D eigenvalue weighted by atomic mass is 10.1. The Morgan fingerprint density at radius 2 is 2.03 bits per heavy atom. The minimum atomic E-state index is -0.146. The molecule has 36 heavy (non-hydrogen) atoms. The lowest BCUT2D eigenvalue weighted by Gasteiger charge is -2.25. The number of fused-ring (bicyclic) bond motifs is 1. The zero-order valence-electron chi connectivity index (χ0n) is 19.4. The van der Waals surface area contributed by atoms with Gasteiger partial charge in [0.25, 0.3) is 0 Å². The van der Waals surface area contributed by atoms with E-state index in [9.17, 15) is 5.11 Å². The molecule has 4 aromatic rings. The van der Waals surface area contributed by atoms with Crippen molar-refractivity contribution in [2.45, 2.75) is 18.9 Å². The van der Waals surface area contributed by atoms with E-state index >= 15 is 0 Å². The van der Waals surface area contributed by atoms with E-state index in [0.29, 0.717) is 23.2 Å². The fourth-order valence-electron chi connectivity index (χ4n) is 4.40. The molecule has 0 bridgehead atoms. The molecule has 184 valence electrons. The second-order valence-electron chi connectivity index (χ2n) is 8.63. The first-order chi connectivity index (χ1) is 17.8. The number of oxazole rings is 1. The van der Waals surface area contributed by atoms with E-state index in [1.807, 2.05) is 36.4 Å². The van der Waals surface area contributed by atoms with Gasteiger partial charge in [0, 0.05) is 34.5 Å². The van der Waals surface area contributed by atoms with Gasteiger partial charge in [-0.15, -0.1) is 0 Å². The first kappa shape index (κ1) is 22.3. The van der Waals surface area contributed by atoms with Gasteiger partial charge in [0.15, 0.2) is 12.2 Å². The van der Waals surface area contributed by atoms with Crippen LogP contribution in [-0.2, 0) is 0 Å². The number of rotatable bonds is 7. The van der Waals surface area contributed by atoms with E-state index in [-0.39, 0.29) is 12.7 Å². The Balaban J connectivity index is 1.35. The van der Waals surface area contributed by atoms with Crippen molar-refractivity contribution in [2.24, 2.45) is 0 Å². The van der Waals surface area contributed by atoms with Crippen molar-refractivity contribution in [1.82, 2.24) is 36.7 Å². The van der Waals surface area contributed by atoms with Crippen molar-refractivity contribution in [1.29, 1.82) is 0 Å². The van der Waals surface area contributed by atoms with Gasteiger partial charge in [-0.25, -0.2) is 15.0 Å². The van der Waals surface area contributed by atoms with E-state index < -0.39 is 0 Å². The number of nitrogens with one attached hydrogen (secondary N) is 5. The molecule has 2 aliphatic heterocycles. The van der Waals surface area contributed by atoms with Crippen molar-refractivity contribution in [3.63, 3.8) is 0 Å². The van der Waals surface area contributed by atoms with Crippen LogP contribution in [0.3, 0.4) is 0 Å². The summed E-state index contributed by atoms with van der Waals surface area (Å²) in [4.78, 5) is 13.3. The topological polar surface area (TPSA) is 141 Å². The van der Waals surface area contributed by atoms with E-state index in [0.717, 1.165) is 59.3 Å². The summed E-state index contributed by atoms with van der Waals surface area (Å²) in [6, 6.07) is 11.7. The number of hydrazine groups is 2. The summed E-state index contributed by atoms with van der Waals surface area (Å²) < 4.78 is 11.9. The van der Waals surface area contributed by atoms with Gasteiger partial charge in [0.05, 0.1) is 29.7 Å². The van der Waals surface area contributed by atoms with Crippen LogP contribution in [-0.4, -0.2) is 45.9 Å². The average molecular weight is 487 g/mol. The summed E-state index contributed by atoms with van der Waals surface area (Å²) in [5, 5.41) is 17.3. The van der Waals surface area contributed by atoms with Crippen LogP contribution in [0, 0.1) is 0 Å². The molecule has 6 rings (SSSR count). The van der Waals surface area contributed by atoms with Crippen molar-refractivity contribution in [3.05, 3.63) is 66.4 Å². The largest absolute Gasteiger partial charge is 0.490 e. The molecule has 4 heterocycles. The second-order valence-corrected chi connectivity index (χ2v) is 8.63. The van der Waals surface area contributed by atoms with E-state index in [1.165, 1.54) is 6.39 Å². The van der Waals surface area contributed by atoms with Crippen molar-refractivity contribution < 1.29 is 14.3 Å². The molecule has 11 nitrogen and oxygen atoms in total.